The van der Waals surface area contributed by atoms with Crippen LogP contribution in [0.5, 0.6) is 0 Å². The fraction of sp³-hybridized carbons (Fsp3) is 0.421. The van der Waals surface area contributed by atoms with E-state index in [9.17, 15) is 0 Å². The van der Waals surface area contributed by atoms with E-state index >= 15 is 0 Å². The maximum Gasteiger partial charge on any atom is 0.0946 e. The average molecular weight is 333 g/mol. The molecule has 2 rings (SSSR count). The SMILES string of the molecule is CCCCCCOC(C=Cc1ccc(Cl)cc1)Cn1ccnc1. The number of hydrogen-bond donors (Lipinski definition) is 0. The van der Waals surface area contributed by atoms with Crippen molar-refractivity contribution in [3.8, 4) is 0 Å². The van der Waals surface area contributed by atoms with E-state index in [0.29, 0.717) is 0 Å². The second-order valence-corrected chi connectivity index (χ2v) is 6.08. The first-order valence-electron chi connectivity index (χ1n) is 8.29. The molecule has 0 spiro atoms. The van der Waals surface area contributed by atoms with Gasteiger partial charge in [0.2, 0.25) is 0 Å². The van der Waals surface area contributed by atoms with Crippen LogP contribution in [0.4, 0.5) is 0 Å². The zero-order valence-electron chi connectivity index (χ0n) is 13.7. The lowest BCUT2D eigenvalue weighted by Crippen LogP contribution is -2.17. The molecule has 0 aliphatic rings. The highest BCUT2D eigenvalue weighted by Gasteiger charge is 2.06. The summed E-state index contributed by atoms with van der Waals surface area (Å²) in [5.74, 6) is 0. The summed E-state index contributed by atoms with van der Waals surface area (Å²) >= 11 is 5.92. The van der Waals surface area contributed by atoms with Crippen molar-refractivity contribution < 1.29 is 4.74 Å². The van der Waals surface area contributed by atoms with Gasteiger partial charge in [0.05, 0.1) is 19.0 Å². The standard InChI is InChI=1S/C19H25ClN2O/c1-2-3-4-5-14-23-19(15-22-13-12-21-16-22)11-8-17-6-9-18(20)10-7-17/h6-13,16,19H,2-5,14-15H2,1H3. The molecule has 1 aromatic heterocycles. The molecule has 0 aliphatic heterocycles. The van der Waals surface area contributed by atoms with E-state index in [-0.39, 0.29) is 6.10 Å². The number of unbranched alkanes of at least 4 members (excludes halogenated alkanes) is 3. The van der Waals surface area contributed by atoms with E-state index < -0.39 is 0 Å². The molecule has 1 atom stereocenters. The number of imidazole rings is 1. The van der Waals surface area contributed by atoms with Gasteiger partial charge >= 0.3 is 0 Å². The molecule has 0 N–H and O–H groups in total. The maximum absolute atomic E-state index is 6.05. The first kappa shape index (κ1) is 17.8. The van der Waals surface area contributed by atoms with E-state index in [1.807, 2.05) is 41.4 Å². The van der Waals surface area contributed by atoms with Gasteiger partial charge in [-0.25, -0.2) is 4.98 Å². The van der Waals surface area contributed by atoms with Crippen molar-refractivity contribution in [2.45, 2.75) is 45.3 Å². The van der Waals surface area contributed by atoms with E-state index in [1.165, 1.54) is 19.3 Å². The molecule has 124 valence electrons. The summed E-state index contributed by atoms with van der Waals surface area (Å²) in [5.41, 5.74) is 1.12. The normalized spacial score (nSPS) is 12.8. The summed E-state index contributed by atoms with van der Waals surface area (Å²) < 4.78 is 8.09. The second-order valence-electron chi connectivity index (χ2n) is 5.64. The Morgan fingerprint density at radius 3 is 2.74 bits per heavy atom. The van der Waals surface area contributed by atoms with Gasteiger partial charge in [-0.1, -0.05) is 62.1 Å². The van der Waals surface area contributed by atoms with Crippen LogP contribution in [0.25, 0.3) is 6.08 Å². The van der Waals surface area contributed by atoms with Crippen LogP contribution < -0.4 is 0 Å². The molecular formula is C19H25ClN2O. The topological polar surface area (TPSA) is 27.1 Å². The monoisotopic (exact) mass is 332 g/mol. The second kappa shape index (κ2) is 10.2. The van der Waals surface area contributed by atoms with Crippen molar-refractivity contribution in [1.29, 1.82) is 0 Å². The molecule has 0 fully saturated rings. The Hall–Kier alpha value is -1.58. The third-order valence-electron chi connectivity index (χ3n) is 3.65. The van der Waals surface area contributed by atoms with Crippen LogP contribution in [-0.4, -0.2) is 22.3 Å². The summed E-state index contributed by atoms with van der Waals surface area (Å²) in [5, 5.41) is 0.754. The predicted octanol–water partition coefficient (Wildman–Crippen LogP) is 5.22. The van der Waals surface area contributed by atoms with Gasteiger partial charge < -0.3 is 9.30 Å². The van der Waals surface area contributed by atoms with Gasteiger partial charge in [-0.2, -0.15) is 0 Å². The van der Waals surface area contributed by atoms with Crippen molar-refractivity contribution >= 4 is 17.7 Å². The van der Waals surface area contributed by atoms with Crippen molar-refractivity contribution in [1.82, 2.24) is 9.55 Å². The Labute approximate surface area is 144 Å². The first-order valence-corrected chi connectivity index (χ1v) is 8.67. The molecule has 0 saturated heterocycles. The molecule has 1 heterocycles. The molecule has 0 amide bonds. The van der Waals surface area contributed by atoms with Crippen LogP contribution in [0.2, 0.25) is 5.02 Å². The van der Waals surface area contributed by atoms with Crippen molar-refractivity contribution in [2.24, 2.45) is 0 Å². The highest BCUT2D eigenvalue weighted by molar-refractivity contribution is 6.30. The van der Waals surface area contributed by atoms with E-state index in [1.54, 1.807) is 6.20 Å². The number of hydrogen-bond acceptors (Lipinski definition) is 2. The third kappa shape index (κ3) is 7.02. The zero-order valence-corrected chi connectivity index (χ0v) is 14.5. The molecule has 0 bridgehead atoms. The summed E-state index contributed by atoms with van der Waals surface area (Å²) in [4.78, 5) is 4.09. The highest BCUT2D eigenvalue weighted by Crippen LogP contribution is 2.12. The lowest BCUT2D eigenvalue weighted by atomic mass is 10.2. The molecule has 2 aromatic rings. The molecule has 4 heteroatoms. The fourth-order valence-corrected chi connectivity index (χ4v) is 2.45. The van der Waals surface area contributed by atoms with E-state index in [4.69, 9.17) is 16.3 Å². The zero-order chi connectivity index (χ0) is 16.3. The number of halogens is 1. The lowest BCUT2D eigenvalue weighted by molar-refractivity contribution is 0.0710. The quantitative estimate of drug-likeness (QED) is 0.558. The van der Waals surface area contributed by atoms with Crippen LogP contribution in [0, 0.1) is 0 Å². The van der Waals surface area contributed by atoms with Gasteiger partial charge in [-0.05, 0) is 24.1 Å². The van der Waals surface area contributed by atoms with Crippen molar-refractivity contribution in [3.63, 3.8) is 0 Å². The Balaban J connectivity index is 1.90. The van der Waals surface area contributed by atoms with Gasteiger partial charge in [-0.3, -0.25) is 0 Å². The van der Waals surface area contributed by atoms with E-state index in [2.05, 4.69) is 24.1 Å². The van der Waals surface area contributed by atoms with Gasteiger partial charge in [0.1, 0.15) is 0 Å². The fourth-order valence-electron chi connectivity index (χ4n) is 2.33. The maximum atomic E-state index is 6.05. The molecule has 0 aliphatic carbocycles. The minimum absolute atomic E-state index is 0.0431. The van der Waals surface area contributed by atoms with Gasteiger partial charge in [0, 0.05) is 24.0 Å². The van der Waals surface area contributed by atoms with Crippen molar-refractivity contribution in [3.05, 3.63) is 59.6 Å². The van der Waals surface area contributed by atoms with Crippen LogP contribution in [0.15, 0.2) is 49.1 Å². The summed E-state index contributed by atoms with van der Waals surface area (Å²) in [6.07, 6.45) is 14.7. The van der Waals surface area contributed by atoms with Crippen LogP contribution in [0.3, 0.4) is 0 Å². The molecule has 3 nitrogen and oxygen atoms in total. The molecule has 1 unspecified atom stereocenters. The van der Waals surface area contributed by atoms with Crippen LogP contribution in [-0.2, 0) is 11.3 Å². The van der Waals surface area contributed by atoms with Crippen LogP contribution >= 0.6 is 11.6 Å². The first-order chi connectivity index (χ1) is 11.3. The lowest BCUT2D eigenvalue weighted by Gasteiger charge is -2.15. The number of ether oxygens (including phenoxy) is 1. The number of aromatic nitrogens is 2. The average Bonchev–Trinajstić information content (AvgIpc) is 3.06. The molecular weight excluding hydrogens is 308 g/mol. The minimum atomic E-state index is 0.0431. The molecule has 0 radical (unpaired) electrons. The van der Waals surface area contributed by atoms with Crippen molar-refractivity contribution in [2.75, 3.05) is 6.61 Å². The Morgan fingerprint density at radius 1 is 1.22 bits per heavy atom. The smallest absolute Gasteiger partial charge is 0.0946 e. The predicted molar refractivity (Wildman–Crippen MR) is 96.6 cm³/mol. The minimum Gasteiger partial charge on any atom is -0.372 e. The number of rotatable bonds is 10. The van der Waals surface area contributed by atoms with Gasteiger partial charge in [0.15, 0.2) is 0 Å². The summed E-state index contributed by atoms with van der Waals surface area (Å²) in [6.45, 7) is 3.79. The van der Waals surface area contributed by atoms with Gasteiger partial charge in [0.25, 0.3) is 0 Å². The summed E-state index contributed by atoms with van der Waals surface area (Å²) in [7, 11) is 0. The summed E-state index contributed by atoms with van der Waals surface area (Å²) in [6, 6.07) is 7.82. The van der Waals surface area contributed by atoms with E-state index in [0.717, 1.165) is 30.2 Å². The largest absolute Gasteiger partial charge is 0.372 e. The Bertz CT molecular complexity index is 564. The number of nitrogens with zero attached hydrogens (tertiary/aromatic N) is 2. The molecule has 1 aromatic carbocycles. The van der Waals surface area contributed by atoms with Crippen LogP contribution in [0.1, 0.15) is 38.2 Å². The number of benzene rings is 1. The Morgan fingerprint density at radius 2 is 2.04 bits per heavy atom. The molecule has 23 heavy (non-hydrogen) atoms. The molecule has 0 saturated carbocycles. The van der Waals surface area contributed by atoms with Gasteiger partial charge in [-0.15, -0.1) is 0 Å². The Kier molecular flexibility index (Phi) is 7.91. The third-order valence-corrected chi connectivity index (χ3v) is 3.91. The highest BCUT2D eigenvalue weighted by atomic mass is 35.5.